The first-order valence-corrected chi connectivity index (χ1v) is 30.9. The molecule has 4 aliphatic heterocycles. The fourth-order valence-electron chi connectivity index (χ4n) is 20.4. The Bertz CT molecular complexity index is 2750. The second-order valence-corrected chi connectivity index (χ2v) is 26.8. The van der Waals surface area contributed by atoms with E-state index in [0.717, 1.165) is 66.3 Å². The monoisotopic (exact) mass is 1030 g/mol. The summed E-state index contributed by atoms with van der Waals surface area (Å²) in [5.74, 6) is 6.32. The van der Waals surface area contributed by atoms with E-state index in [1.165, 1.54) is 190 Å². The molecule has 8 fully saturated rings. The van der Waals surface area contributed by atoms with Gasteiger partial charge in [0.1, 0.15) is 23.0 Å². The summed E-state index contributed by atoms with van der Waals surface area (Å²) in [6, 6.07) is 28.7. The Balaban J connectivity index is 0.0000000971. The van der Waals surface area contributed by atoms with E-state index in [1.54, 1.807) is 36.5 Å². The number of phenols is 2. The first-order chi connectivity index (χ1) is 37.1. The highest BCUT2D eigenvalue weighted by Crippen LogP contribution is 2.59. The zero-order chi connectivity index (χ0) is 51.8. The topological polar surface area (TPSA) is 89.5 Å². The van der Waals surface area contributed by atoms with Crippen LogP contribution in [0.5, 0.6) is 23.0 Å². The number of likely N-dealkylation sites (tertiary alicyclic amines) is 2. The summed E-state index contributed by atoms with van der Waals surface area (Å²) in [6.45, 7) is 4.82. The molecule has 4 heterocycles. The number of methoxy groups -OCH3 is 2. The van der Waals surface area contributed by atoms with Gasteiger partial charge < -0.3 is 40.1 Å². The van der Waals surface area contributed by atoms with Crippen LogP contribution in [0.15, 0.2) is 72.8 Å². The van der Waals surface area contributed by atoms with E-state index in [-0.39, 0.29) is 0 Å². The molecule has 16 rings (SSSR count). The van der Waals surface area contributed by atoms with Crippen LogP contribution in [0.25, 0.3) is 0 Å². The number of likely N-dealkylation sites (N-methyl/N-ethyl adjacent to an activating group) is 2. The van der Waals surface area contributed by atoms with Gasteiger partial charge in [0, 0.05) is 45.8 Å². The Kier molecular flexibility index (Phi) is 13.9. The van der Waals surface area contributed by atoms with Gasteiger partial charge in [-0.05, 0) is 260 Å². The molecule has 0 unspecified atom stereocenters. The smallest absolute Gasteiger partial charge is 0.119 e. The molecule has 0 radical (unpaired) electrons. The molecule has 4 aromatic rings. The third kappa shape index (κ3) is 8.48. The van der Waals surface area contributed by atoms with Gasteiger partial charge in [0.15, 0.2) is 0 Å². The minimum atomic E-state index is 0.375. The summed E-state index contributed by atoms with van der Waals surface area (Å²) in [5, 5.41) is 27.3. The molecule has 4 saturated carbocycles. The molecule has 4 aromatic carbocycles. The fraction of sp³-hybridized carbons (Fsp3) is 0.647. The minimum absolute atomic E-state index is 0.375. The lowest BCUT2D eigenvalue weighted by atomic mass is 9.52. The average Bonchev–Trinajstić information content (AvgIpc) is 3.47. The van der Waals surface area contributed by atoms with Crippen molar-refractivity contribution in [3.8, 4) is 23.0 Å². The third-order valence-electron chi connectivity index (χ3n) is 23.9. The molecule has 8 aliphatic carbocycles. The lowest BCUT2D eigenvalue weighted by molar-refractivity contribution is 0.00272. The number of phenolic OH excluding ortho intramolecular Hbond substituents is 2. The number of aromatic hydroxyl groups is 2. The summed E-state index contributed by atoms with van der Waals surface area (Å²) in [7, 11) is 8.20. The Morgan fingerprint density at radius 1 is 0.421 bits per heavy atom. The van der Waals surface area contributed by atoms with Gasteiger partial charge in [0.25, 0.3) is 0 Å². The van der Waals surface area contributed by atoms with Crippen molar-refractivity contribution >= 4 is 0 Å². The second kappa shape index (κ2) is 20.5. The minimum Gasteiger partial charge on any atom is -0.508 e. The van der Waals surface area contributed by atoms with Crippen molar-refractivity contribution in [2.24, 2.45) is 23.7 Å². The van der Waals surface area contributed by atoms with Gasteiger partial charge in [-0.2, -0.15) is 0 Å². The van der Waals surface area contributed by atoms with E-state index in [9.17, 15) is 10.2 Å². The number of fused-ring (bicyclic) bond motifs is 4. The molecule has 4 saturated heterocycles. The van der Waals surface area contributed by atoms with E-state index >= 15 is 0 Å². The van der Waals surface area contributed by atoms with Crippen LogP contribution >= 0.6 is 0 Å². The number of nitrogens with zero attached hydrogens (tertiary/aromatic N) is 2. The van der Waals surface area contributed by atoms with Crippen LogP contribution in [-0.4, -0.2) is 98.7 Å². The normalized spacial score (nSPS) is 36.9. The number of benzene rings is 4. The predicted molar refractivity (Wildman–Crippen MR) is 306 cm³/mol. The summed E-state index contributed by atoms with van der Waals surface area (Å²) in [5.41, 5.74) is 14.0. The molecule has 8 heteroatoms. The summed E-state index contributed by atoms with van der Waals surface area (Å²) in [6.07, 6.45) is 32.1. The Morgan fingerprint density at radius 3 is 1.18 bits per heavy atom. The van der Waals surface area contributed by atoms with Crippen LogP contribution in [0, 0.1) is 23.7 Å². The maximum absolute atomic E-state index is 9.91. The molecule has 12 aliphatic rings. The molecule has 408 valence electrons. The molecule has 8 nitrogen and oxygen atoms in total. The average molecular weight is 1030 g/mol. The number of ether oxygens (including phenoxy) is 2. The number of piperidine rings is 4. The second-order valence-electron chi connectivity index (χ2n) is 26.8. The highest BCUT2D eigenvalue weighted by atomic mass is 16.5. The molecular weight excluding hydrogens is 937 g/mol. The fourth-order valence-corrected chi connectivity index (χ4v) is 20.4. The molecule has 8 bridgehead atoms. The maximum atomic E-state index is 9.91. The van der Waals surface area contributed by atoms with Gasteiger partial charge >= 0.3 is 0 Å². The SMILES string of the molecule is CN1CC[C@@]23CCCC[C@@H]2[C@@H]1Cc1ccc(O)cc13.COc1ccc2c(c1)[C@]13CCCC[C@@H]1[C@H](C2)N(C)CC3.COc1ccc2c(c1)[C@]13CCCC[C@@H]1[C@H](C2)NCC3.Oc1ccc2c(c1)[C@]13CCCC[C@@H]1[C@H](C2)NCC3. The largest absolute Gasteiger partial charge is 0.508 e. The molecule has 0 aromatic heterocycles. The van der Waals surface area contributed by atoms with Gasteiger partial charge in [-0.15, -0.1) is 0 Å². The van der Waals surface area contributed by atoms with Crippen LogP contribution in [0.1, 0.15) is 173 Å². The Hall–Kier alpha value is -4.08. The number of hydrogen-bond donors (Lipinski definition) is 4. The summed E-state index contributed by atoms with van der Waals surface area (Å²) < 4.78 is 11.0. The quantitative estimate of drug-likeness (QED) is 0.158. The number of rotatable bonds is 2. The lowest BCUT2D eigenvalue weighted by Gasteiger charge is -2.58. The Morgan fingerprint density at radius 2 is 0.776 bits per heavy atom. The first kappa shape index (κ1) is 51.4. The molecule has 76 heavy (non-hydrogen) atoms. The molecule has 4 N–H and O–H groups in total. The van der Waals surface area contributed by atoms with Gasteiger partial charge in [-0.25, -0.2) is 0 Å². The van der Waals surface area contributed by atoms with Gasteiger partial charge in [-0.1, -0.05) is 75.6 Å². The van der Waals surface area contributed by atoms with E-state index in [2.05, 4.69) is 95.2 Å². The van der Waals surface area contributed by atoms with Gasteiger partial charge in [0.05, 0.1) is 14.2 Å². The number of hydrogen-bond acceptors (Lipinski definition) is 8. The predicted octanol–water partition coefficient (Wildman–Crippen LogP) is 12.2. The highest BCUT2D eigenvalue weighted by molar-refractivity contribution is 5.49. The van der Waals surface area contributed by atoms with Crippen molar-refractivity contribution in [1.82, 2.24) is 20.4 Å². The third-order valence-corrected chi connectivity index (χ3v) is 23.9. The van der Waals surface area contributed by atoms with Crippen molar-refractivity contribution in [2.75, 3.05) is 54.5 Å². The summed E-state index contributed by atoms with van der Waals surface area (Å²) >= 11 is 0. The first-order valence-electron chi connectivity index (χ1n) is 30.9. The number of nitrogens with one attached hydrogen (secondary N) is 2. The van der Waals surface area contributed by atoms with Crippen molar-refractivity contribution < 1.29 is 19.7 Å². The van der Waals surface area contributed by atoms with Crippen molar-refractivity contribution in [3.63, 3.8) is 0 Å². The Labute approximate surface area is 456 Å². The van der Waals surface area contributed by atoms with Crippen LogP contribution in [0.3, 0.4) is 0 Å². The van der Waals surface area contributed by atoms with E-state index in [4.69, 9.17) is 9.47 Å². The van der Waals surface area contributed by atoms with Crippen molar-refractivity contribution in [3.05, 3.63) is 117 Å². The zero-order valence-electron chi connectivity index (χ0n) is 47.0. The zero-order valence-corrected chi connectivity index (χ0v) is 47.0. The van der Waals surface area contributed by atoms with Gasteiger partial charge in [0.2, 0.25) is 0 Å². The lowest BCUT2D eigenvalue weighted by Crippen LogP contribution is -2.59. The van der Waals surface area contributed by atoms with Crippen LogP contribution in [0.2, 0.25) is 0 Å². The van der Waals surface area contributed by atoms with E-state index in [0.29, 0.717) is 39.2 Å². The highest BCUT2D eigenvalue weighted by Gasteiger charge is 2.56. The van der Waals surface area contributed by atoms with E-state index < -0.39 is 0 Å². The van der Waals surface area contributed by atoms with Crippen LogP contribution < -0.4 is 20.1 Å². The standard InChI is InChI=1S/C18H25NO.2C17H23NO.C16H21NO/c1-19-10-9-18-8-4-3-5-15(18)17(19)11-13-6-7-14(20-2)12-16(13)18;1-19-13-6-5-12-10-16-14-4-2-3-7-17(14,8-9-18-16)15(12)11-13;1-18-9-8-17-7-3-2-4-14(17)16(18)10-12-5-6-13(19)11-15(12)17;18-12-5-4-11-9-15-13-3-1-2-6-16(13,7-8-17-15)14(11)10-12/h6-7,12,15,17H,3-5,8-11H2,1-2H3;5-6,11,14,16,18H,2-4,7-10H2,1H3;5-6,11,14,16,19H,2-4,7-10H2,1H3;4-5,10,13,15,17-18H,1-3,6-9H2/t15-,17+,18+;2*14-,16+,17+;13-,15+,16+/m1111/s1. The molecular formula is C68H92N4O4. The van der Waals surface area contributed by atoms with Crippen LogP contribution in [0.4, 0.5) is 0 Å². The summed E-state index contributed by atoms with van der Waals surface area (Å²) in [4.78, 5) is 5.21. The van der Waals surface area contributed by atoms with Crippen molar-refractivity contribution in [1.29, 1.82) is 0 Å². The van der Waals surface area contributed by atoms with Gasteiger partial charge in [-0.3, -0.25) is 0 Å². The van der Waals surface area contributed by atoms with E-state index in [1.807, 2.05) is 12.1 Å². The van der Waals surface area contributed by atoms with Crippen LogP contribution in [-0.2, 0) is 47.3 Å². The molecule has 12 atom stereocenters. The molecule has 0 spiro atoms. The van der Waals surface area contributed by atoms with Crippen molar-refractivity contribution in [2.45, 2.75) is 200 Å². The maximum Gasteiger partial charge on any atom is 0.119 e. The molecule has 0 amide bonds.